The van der Waals surface area contributed by atoms with Gasteiger partial charge in [-0.15, -0.1) is 0 Å². The molecule has 3 unspecified atom stereocenters. The number of benzene rings is 3. The van der Waals surface area contributed by atoms with Gasteiger partial charge in [-0.1, -0.05) is 60.7 Å². The predicted molar refractivity (Wildman–Crippen MR) is 147 cm³/mol. The van der Waals surface area contributed by atoms with Crippen molar-refractivity contribution in [3.63, 3.8) is 0 Å². The van der Waals surface area contributed by atoms with E-state index >= 15 is 0 Å². The van der Waals surface area contributed by atoms with Crippen LogP contribution in [0.15, 0.2) is 90.2 Å². The van der Waals surface area contributed by atoms with Crippen LogP contribution in [0.1, 0.15) is 59.2 Å². The van der Waals surface area contributed by atoms with E-state index in [0.29, 0.717) is 16.8 Å². The van der Waals surface area contributed by atoms with Gasteiger partial charge < -0.3 is 14.6 Å². The Labute approximate surface area is 231 Å². The smallest absolute Gasteiger partial charge is 0.338 e. The minimum atomic E-state index is -1.50. The van der Waals surface area contributed by atoms with E-state index < -0.39 is 41.0 Å². The molecular weight excluding hydrogens is 510 g/mol. The molecule has 1 N–H and O–H groups in total. The summed E-state index contributed by atoms with van der Waals surface area (Å²) in [5.74, 6) is -4.12. The molecule has 3 atom stereocenters. The molecule has 8 nitrogen and oxygen atoms in total. The van der Waals surface area contributed by atoms with E-state index in [1.807, 2.05) is 30.3 Å². The summed E-state index contributed by atoms with van der Waals surface area (Å²) in [5, 5.41) is 11.5. The number of imide groups is 1. The summed E-state index contributed by atoms with van der Waals surface area (Å²) in [6, 6.07) is 22.7. The third-order valence-corrected chi connectivity index (χ3v) is 7.83. The minimum Gasteiger partial charge on any atom is -0.512 e. The number of anilines is 1. The van der Waals surface area contributed by atoms with Gasteiger partial charge in [-0.2, -0.15) is 0 Å². The number of carbonyl (C=O) groups is 4. The molecule has 0 fully saturated rings. The highest BCUT2D eigenvalue weighted by Crippen LogP contribution is 2.63. The number of hydrogen-bond acceptors (Lipinski definition) is 7. The van der Waals surface area contributed by atoms with Crippen molar-refractivity contribution in [3.05, 3.63) is 112 Å². The van der Waals surface area contributed by atoms with Gasteiger partial charge in [0, 0.05) is 25.2 Å². The fourth-order valence-electron chi connectivity index (χ4n) is 6.29. The van der Waals surface area contributed by atoms with E-state index in [-0.39, 0.29) is 29.9 Å². The second-order valence-corrected chi connectivity index (χ2v) is 9.84. The molecule has 1 aliphatic heterocycles. The van der Waals surface area contributed by atoms with Crippen LogP contribution in [0.2, 0.25) is 0 Å². The molecule has 0 aromatic heterocycles. The number of esters is 2. The summed E-state index contributed by atoms with van der Waals surface area (Å²) < 4.78 is 10.2. The first-order valence-electron chi connectivity index (χ1n) is 13.0. The fourth-order valence-corrected chi connectivity index (χ4v) is 6.29. The summed E-state index contributed by atoms with van der Waals surface area (Å²) in [4.78, 5) is 54.6. The average Bonchev–Trinajstić information content (AvgIpc) is 3.22. The van der Waals surface area contributed by atoms with Crippen molar-refractivity contribution < 1.29 is 33.8 Å². The summed E-state index contributed by atoms with van der Waals surface area (Å²) >= 11 is 0. The number of para-hydroxylation sites is 1. The number of fused-ring (bicyclic) bond motifs is 2. The second kappa shape index (κ2) is 10.4. The molecule has 2 aliphatic rings. The van der Waals surface area contributed by atoms with E-state index in [1.54, 1.807) is 55.5 Å². The zero-order chi connectivity index (χ0) is 28.6. The van der Waals surface area contributed by atoms with Gasteiger partial charge in [0.2, 0.25) is 11.8 Å². The summed E-state index contributed by atoms with van der Waals surface area (Å²) in [6.07, 6.45) is -0.0271. The van der Waals surface area contributed by atoms with E-state index in [9.17, 15) is 24.3 Å². The monoisotopic (exact) mass is 539 g/mol. The number of aliphatic hydroxyl groups is 1. The van der Waals surface area contributed by atoms with Crippen molar-refractivity contribution in [1.29, 1.82) is 0 Å². The molecule has 0 saturated heterocycles. The van der Waals surface area contributed by atoms with Gasteiger partial charge in [-0.05, 0) is 41.8 Å². The van der Waals surface area contributed by atoms with Crippen LogP contribution in [-0.2, 0) is 29.3 Å². The van der Waals surface area contributed by atoms with Crippen molar-refractivity contribution in [3.8, 4) is 0 Å². The molecule has 3 aromatic carbocycles. The lowest BCUT2D eigenvalue weighted by Crippen LogP contribution is -2.53. The van der Waals surface area contributed by atoms with Gasteiger partial charge in [-0.3, -0.25) is 9.59 Å². The summed E-state index contributed by atoms with van der Waals surface area (Å²) in [6.45, 7) is 3.05. The summed E-state index contributed by atoms with van der Waals surface area (Å²) in [5.41, 5.74) is 1.00. The average molecular weight is 540 g/mol. The van der Waals surface area contributed by atoms with Gasteiger partial charge >= 0.3 is 11.9 Å². The molecule has 40 heavy (non-hydrogen) atoms. The lowest BCUT2D eigenvalue weighted by atomic mass is 9.53. The maximum atomic E-state index is 14.8. The van der Waals surface area contributed by atoms with Crippen LogP contribution in [0.4, 0.5) is 5.69 Å². The number of hydrogen-bond donors (Lipinski definition) is 1. The fraction of sp³-hybridized carbons (Fsp3) is 0.250. The molecule has 1 spiro atoms. The number of allylic oxidation sites excluding steroid dienone is 1. The number of aliphatic hydroxyl groups excluding tert-OH is 1. The maximum Gasteiger partial charge on any atom is 0.338 e. The lowest BCUT2D eigenvalue weighted by Gasteiger charge is -2.46. The Balaban J connectivity index is 1.89. The van der Waals surface area contributed by atoms with Crippen molar-refractivity contribution >= 4 is 29.4 Å². The zero-order valence-electron chi connectivity index (χ0n) is 22.4. The molecule has 1 aliphatic carbocycles. The van der Waals surface area contributed by atoms with Gasteiger partial charge in [0.05, 0.1) is 36.0 Å². The molecule has 8 heteroatoms. The van der Waals surface area contributed by atoms with Crippen molar-refractivity contribution in [2.75, 3.05) is 18.6 Å². The van der Waals surface area contributed by atoms with Crippen LogP contribution in [0.25, 0.3) is 0 Å². The number of amides is 2. The Morgan fingerprint density at radius 2 is 1.57 bits per heavy atom. The highest BCUT2D eigenvalue weighted by molar-refractivity contribution is 6.23. The standard InChI is InChI=1S/C32H29NO7/c1-4-40-30(37)27-26(35)18-24(20-10-6-5-7-11-20)32(28(27)21-14-16-22(17-15-21)29(36)39-3)23-12-8-9-13-25(23)33(19(2)34)31(32)38/h5-17,24,28,35H,4,18H2,1-3H3. The molecule has 1 heterocycles. The van der Waals surface area contributed by atoms with Crippen LogP contribution in [0.5, 0.6) is 0 Å². The molecule has 204 valence electrons. The van der Waals surface area contributed by atoms with Gasteiger partial charge in [-0.25, -0.2) is 14.5 Å². The van der Waals surface area contributed by atoms with Gasteiger partial charge in [0.15, 0.2) is 0 Å². The number of ether oxygens (including phenoxy) is 2. The molecule has 0 radical (unpaired) electrons. The Bertz CT molecular complexity index is 1530. The number of rotatable bonds is 5. The Morgan fingerprint density at radius 1 is 0.925 bits per heavy atom. The van der Waals surface area contributed by atoms with Crippen LogP contribution in [0, 0.1) is 0 Å². The molecule has 0 saturated carbocycles. The lowest BCUT2D eigenvalue weighted by molar-refractivity contribution is -0.139. The SMILES string of the molecule is CCOC(=O)C1=C(O)CC(c2ccccc2)C2(C(=O)N(C(C)=O)c3ccccc32)C1c1ccc(C(=O)OC)cc1. The first-order chi connectivity index (χ1) is 19.3. The number of methoxy groups -OCH3 is 1. The van der Waals surface area contributed by atoms with Crippen LogP contribution in [0.3, 0.4) is 0 Å². The largest absolute Gasteiger partial charge is 0.512 e. The third kappa shape index (κ3) is 3.99. The van der Waals surface area contributed by atoms with Crippen molar-refractivity contribution in [1.82, 2.24) is 0 Å². The number of nitrogens with zero attached hydrogens (tertiary/aromatic N) is 1. The van der Waals surface area contributed by atoms with Gasteiger partial charge in [0.1, 0.15) is 5.76 Å². The van der Waals surface area contributed by atoms with Crippen molar-refractivity contribution in [2.24, 2.45) is 0 Å². The Kier molecular flexibility index (Phi) is 7.02. The zero-order valence-corrected chi connectivity index (χ0v) is 22.4. The van der Waals surface area contributed by atoms with Crippen LogP contribution < -0.4 is 4.90 Å². The van der Waals surface area contributed by atoms with Crippen LogP contribution >= 0.6 is 0 Å². The highest BCUT2D eigenvalue weighted by atomic mass is 16.5. The highest BCUT2D eigenvalue weighted by Gasteiger charge is 2.65. The Morgan fingerprint density at radius 3 is 2.20 bits per heavy atom. The van der Waals surface area contributed by atoms with E-state index in [0.717, 1.165) is 10.5 Å². The second-order valence-electron chi connectivity index (χ2n) is 9.84. The molecule has 5 rings (SSSR count). The predicted octanol–water partition coefficient (Wildman–Crippen LogP) is 4.95. The first-order valence-corrected chi connectivity index (χ1v) is 13.0. The van der Waals surface area contributed by atoms with Gasteiger partial charge in [0.25, 0.3) is 0 Å². The third-order valence-electron chi connectivity index (χ3n) is 7.83. The van der Waals surface area contributed by atoms with E-state index in [4.69, 9.17) is 9.47 Å². The van der Waals surface area contributed by atoms with E-state index in [1.165, 1.54) is 14.0 Å². The quantitative estimate of drug-likeness (QED) is 0.457. The Hall–Kier alpha value is -4.72. The normalized spacial score (nSPS) is 21.8. The van der Waals surface area contributed by atoms with E-state index in [2.05, 4.69) is 0 Å². The molecule has 2 amide bonds. The number of carbonyl (C=O) groups excluding carboxylic acids is 4. The van der Waals surface area contributed by atoms with Crippen molar-refractivity contribution in [2.45, 2.75) is 37.5 Å². The minimum absolute atomic E-state index is 0.0271. The summed E-state index contributed by atoms with van der Waals surface area (Å²) in [7, 11) is 1.28. The molecule has 0 bridgehead atoms. The maximum absolute atomic E-state index is 14.8. The first kappa shape index (κ1) is 26.9. The molecule has 3 aromatic rings. The van der Waals surface area contributed by atoms with Crippen LogP contribution in [-0.4, -0.2) is 42.6 Å². The molecular formula is C32H29NO7. The topological polar surface area (TPSA) is 110 Å².